The summed E-state index contributed by atoms with van der Waals surface area (Å²) >= 11 is 0. The Morgan fingerprint density at radius 3 is 2.65 bits per heavy atom. The Kier molecular flexibility index (Phi) is 3.39. The van der Waals surface area contributed by atoms with E-state index in [9.17, 15) is 0 Å². The number of nitrogens with zero attached hydrogens (tertiary/aromatic N) is 2. The molecule has 0 aliphatic heterocycles. The Bertz CT molecular complexity index is 703. The lowest BCUT2D eigenvalue weighted by Gasteiger charge is -2.16. The quantitative estimate of drug-likeness (QED) is 0.790. The Balaban J connectivity index is 2.04. The zero-order valence-electron chi connectivity index (χ0n) is 11.6. The Hall–Kier alpha value is -2.33. The Morgan fingerprint density at radius 2 is 1.95 bits per heavy atom. The topological polar surface area (TPSA) is 38.6 Å². The molecule has 0 amide bonds. The zero-order valence-corrected chi connectivity index (χ0v) is 11.6. The average molecular weight is 267 g/mol. The predicted molar refractivity (Wildman–Crippen MR) is 79.1 cm³/mol. The highest BCUT2D eigenvalue weighted by molar-refractivity contribution is 5.57. The maximum Gasteiger partial charge on any atom is 0.118 e. The van der Waals surface area contributed by atoms with Gasteiger partial charge < -0.3 is 10.1 Å². The molecule has 0 radical (unpaired) electrons. The summed E-state index contributed by atoms with van der Waals surface area (Å²) in [5.74, 6) is 0.864. The second kappa shape index (κ2) is 5.35. The van der Waals surface area contributed by atoms with E-state index >= 15 is 0 Å². The monoisotopic (exact) mass is 267 g/mol. The van der Waals surface area contributed by atoms with Gasteiger partial charge in [-0.1, -0.05) is 18.2 Å². The van der Waals surface area contributed by atoms with Crippen molar-refractivity contribution in [3.63, 3.8) is 0 Å². The van der Waals surface area contributed by atoms with Crippen LogP contribution < -0.4 is 10.1 Å². The van der Waals surface area contributed by atoms with Crippen LogP contribution in [0.3, 0.4) is 0 Å². The zero-order chi connectivity index (χ0) is 13.9. The van der Waals surface area contributed by atoms with Crippen molar-refractivity contribution in [2.24, 2.45) is 0 Å². The summed E-state index contributed by atoms with van der Waals surface area (Å²) in [5.41, 5.74) is 3.47. The summed E-state index contributed by atoms with van der Waals surface area (Å²) in [6.07, 6.45) is 3.88. The number of hydrogen-bond acceptors (Lipinski definition) is 3. The van der Waals surface area contributed by atoms with Gasteiger partial charge in [-0.2, -0.15) is 5.10 Å². The van der Waals surface area contributed by atoms with Gasteiger partial charge in [-0.3, -0.25) is 0 Å². The minimum atomic E-state index is 0.112. The largest absolute Gasteiger partial charge is 0.497 e. The first-order chi connectivity index (χ1) is 9.83. The van der Waals surface area contributed by atoms with Gasteiger partial charge in [-0.15, -0.1) is 0 Å². The van der Waals surface area contributed by atoms with Crippen LogP contribution in [0.25, 0.3) is 5.52 Å². The molecule has 4 heteroatoms. The normalized spacial score (nSPS) is 12.5. The lowest BCUT2D eigenvalue weighted by Crippen LogP contribution is -2.17. The molecule has 0 saturated carbocycles. The van der Waals surface area contributed by atoms with Crippen LogP contribution in [0.5, 0.6) is 5.75 Å². The van der Waals surface area contributed by atoms with Crippen LogP contribution in [-0.4, -0.2) is 23.8 Å². The number of nitrogens with one attached hydrogen (secondary N) is 1. The summed E-state index contributed by atoms with van der Waals surface area (Å²) < 4.78 is 7.10. The maximum atomic E-state index is 5.21. The SMILES string of the molecule is CNC(c1ccc(OC)cc1)c1cnn2ccccc12. The van der Waals surface area contributed by atoms with E-state index in [1.165, 1.54) is 11.1 Å². The fourth-order valence-corrected chi connectivity index (χ4v) is 2.47. The van der Waals surface area contributed by atoms with Crippen LogP contribution in [0.4, 0.5) is 0 Å². The van der Waals surface area contributed by atoms with Gasteiger partial charge >= 0.3 is 0 Å². The Labute approximate surface area is 118 Å². The molecule has 3 aromatic rings. The van der Waals surface area contributed by atoms with Gasteiger partial charge in [0, 0.05) is 11.8 Å². The van der Waals surface area contributed by atoms with Crippen LogP contribution in [0.1, 0.15) is 17.2 Å². The summed E-state index contributed by atoms with van der Waals surface area (Å²) in [7, 11) is 3.64. The number of benzene rings is 1. The summed E-state index contributed by atoms with van der Waals surface area (Å²) in [4.78, 5) is 0. The molecule has 20 heavy (non-hydrogen) atoms. The summed E-state index contributed by atoms with van der Waals surface area (Å²) in [6.45, 7) is 0. The van der Waals surface area contributed by atoms with Gasteiger partial charge in [0.2, 0.25) is 0 Å². The van der Waals surface area contributed by atoms with E-state index in [0.717, 1.165) is 11.3 Å². The van der Waals surface area contributed by atoms with E-state index in [0.29, 0.717) is 0 Å². The van der Waals surface area contributed by atoms with Gasteiger partial charge in [0.1, 0.15) is 5.75 Å². The first-order valence-corrected chi connectivity index (χ1v) is 6.57. The minimum Gasteiger partial charge on any atom is -0.497 e. The van der Waals surface area contributed by atoms with Crippen molar-refractivity contribution in [2.45, 2.75) is 6.04 Å². The molecule has 0 aliphatic rings. The molecule has 102 valence electrons. The number of ether oxygens (including phenoxy) is 1. The molecule has 1 aromatic carbocycles. The number of hydrogen-bond donors (Lipinski definition) is 1. The van der Waals surface area contributed by atoms with E-state index in [1.54, 1.807) is 7.11 Å². The van der Waals surface area contributed by atoms with Gasteiger partial charge in [-0.05, 0) is 36.9 Å². The molecule has 0 fully saturated rings. The number of methoxy groups -OCH3 is 1. The first-order valence-electron chi connectivity index (χ1n) is 6.57. The van der Waals surface area contributed by atoms with E-state index in [1.807, 2.05) is 48.2 Å². The predicted octanol–water partition coefficient (Wildman–Crippen LogP) is 2.65. The molecule has 0 bridgehead atoms. The number of fused-ring (bicyclic) bond motifs is 1. The third kappa shape index (κ3) is 2.14. The van der Waals surface area contributed by atoms with E-state index in [4.69, 9.17) is 4.74 Å². The number of pyridine rings is 1. The molecule has 4 nitrogen and oxygen atoms in total. The number of rotatable bonds is 4. The van der Waals surface area contributed by atoms with Crippen molar-refractivity contribution in [3.05, 3.63) is 66.0 Å². The second-order valence-corrected chi connectivity index (χ2v) is 4.63. The lowest BCUT2D eigenvalue weighted by molar-refractivity contribution is 0.414. The highest BCUT2D eigenvalue weighted by Gasteiger charge is 2.16. The van der Waals surface area contributed by atoms with E-state index < -0.39 is 0 Å². The average Bonchev–Trinajstić information content (AvgIpc) is 2.93. The first kappa shape index (κ1) is 12.7. The van der Waals surface area contributed by atoms with E-state index in [2.05, 4.69) is 28.6 Å². The third-order valence-electron chi connectivity index (χ3n) is 3.51. The van der Waals surface area contributed by atoms with Crippen LogP contribution >= 0.6 is 0 Å². The molecule has 1 unspecified atom stereocenters. The van der Waals surface area contributed by atoms with Crippen LogP contribution in [0.15, 0.2) is 54.9 Å². The van der Waals surface area contributed by atoms with Gasteiger partial charge in [0.05, 0.1) is 24.9 Å². The third-order valence-corrected chi connectivity index (χ3v) is 3.51. The molecule has 2 aromatic heterocycles. The molecule has 0 saturated heterocycles. The fraction of sp³-hybridized carbons (Fsp3) is 0.188. The molecular formula is C16H17N3O. The van der Waals surface area contributed by atoms with Gasteiger partial charge in [0.15, 0.2) is 0 Å². The summed E-state index contributed by atoms with van der Waals surface area (Å²) in [5, 5.41) is 7.75. The van der Waals surface area contributed by atoms with Crippen LogP contribution in [-0.2, 0) is 0 Å². The van der Waals surface area contributed by atoms with Crippen LogP contribution in [0, 0.1) is 0 Å². The highest BCUT2D eigenvalue weighted by Crippen LogP contribution is 2.26. The van der Waals surface area contributed by atoms with Crippen molar-refractivity contribution in [2.75, 3.05) is 14.2 Å². The lowest BCUT2D eigenvalue weighted by atomic mass is 10.00. The molecule has 1 atom stereocenters. The number of aromatic nitrogens is 2. The molecule has 2 heterocycles. The Morgan fingerprint density at radius 1 is 1.15 bits per heavy atom. The molecule has 1 N–H and O–H groups in total. The smallest absolute Gasteiger partial charge is 0.118 e. The molecular weight excluding hydrogens is 250 g/mol. The van der Waals surface area contributed by atoms with Crippen molar-refractivity contribution >= 4 is 5.52 Å². The van der Waals surface area contributed by atoms with Crippen molar-refractivity contribution in [1.82, 2.24) is 14.9 Å². The fourth-order valence-electron chi connectivity index (χ4n) is 2.47. The molecule has 3 rings (SSSR count). The molecule has 0 aliphatic carbocycles. The van der Waals surface area contributed by atoms with Crippen LogP contribution in [0.2, 0.25) is 0 Å². The van der Waals surface area contributed by atoms with Crippen molar-refractivity contribution in [3.8, 4) is 5.75 Å². The van der Waals surface area contributed by atoms with Gasteiger partial charge in [-0.25, -0.2) is 4.52 Å². The standard InChI is InChI=1S/C16H17N3O/c1-17-16(12-6-8-13(20-2)9-7-12)14-11-18-19-10-4-3-5-15(14)19/h3-11,16-17H,1-2H3. The van der Waals surface area contributed by atoms with Crippen molar-refractivity contribution < 1.29 is 4.74 Å². The molecule has 0 spiro atoms. The van der Waals surface area contributed by atoms with E-state index in [-0.39, 0.29) is 6.04 Å². The maximum absolute atomic E-state index is 5.21. The van der Waals surface area contributed by atoms with Crippen molar-refractivity contribution in [1.29, 1.82) is 0 Å². The minimum absolute atomic E-state index is 0.112. The highest BCUT2D eigenvalue weighted by atomic mass is 16.5. The summed E-state index contributed by atoms with van der Waals surface area (Å²) in [6, 6.07) is 14.3. The van der Waals surface area contributed by atoms with Gasteiger partial charge in [0.25, 0.3) is 0 Å². The second-order valence-electron chi connectivity index (χ2n) is 4.63.